The van der Waals surface area contributed by atoms with Gasteiger partial charge in [-0.25, -0.2) is 0 Å². The van der Waals surface area contributed by atoms with Crippen LogP contribution in [0, 0.1) is 5.92 Å². The summed E-state index contributed by atoms with van der Waals surface area (Å²) in [6.07, 6.45) is -4.23. The lowest BCUT2D eigenvalue weighted by Crippen LogP contribution is -2.18. The molecule has 1 aromatic rings. The molecule has 1 aromatic carbocycles. The van der Waals surface area contributed by atoms with Gasteiger partial charge in [0.25, 0.3) is 0 Å². The van der Waals surface area contributed by atoms with Crippen molar-refractivity contribution < 1.29 is 23.1 Å². The zero-order valence-corrected chi connectivity index (χ0v) is 9.29. The first-order valence-corrected chi connectivity index (χ1v) is 5.24. The van der Waals surface area contributed by atoms with Crippen molar-refractivity contribution in [3.63, 3.8) is 0 Å². The van der Waals surface area contributed by atoms with Crippen molar-refractivity contribution in [2.24, 2.45) is 5.92 Å². The molecule has 1 atom stereocenters. The molecule has 94 valence electrons. The van der Waals surface area contributed by atoms with Gasteiger partial charge in [-0.15, -0.1) is 0 Å². The maximum absolute atomic E-state index is 12.7. The van der Waals surface area contributed by atoms with Gasteiger partial charge in [0.05, 0.1) is 11.5 Å². The monoisotopic (exact) mass is 246 g/mol. The van der Waals surface area contributed by atoms with Gasteiger partial charge in [-0.2, -0.15) is 13.2 Å². The average molecular weight is 246 g/mol. The number of halogens is 3. The Kier molecular flexibility index (Phi) is 4.15. The van der Waals surface area contributed by atoms with E-state index in [4.69, 9.17) is 5.11 Å². The Morgan fingerprint density at radius 1 is 1.35 bits per heavy atom. The van der Waals surface area contributed by atoms with Crippen LogP contribution in [0.25, 0.3) is 0 Å². The maximum atomic E-state index is 12.7. The van der Waals surface area contributed by atoms with Crippen molar-refractivity contribution in [1.82, 2.24) is 0 Å². The van der Waals surface area contributed by atoms with Crippen molar-refractivity contribution in [3.8, 4) is 0 Å². The fourth-order valence-corrected chi connectivity index (χ4v) is 1.65. The summed E-state index contributed by atoms with van der Waals surface area (Å²) < 4.78 is 38.0. The number of hydrogen-bond acceptors (Lipinski definition) is 1. The molecule has 1 N–H and O–H groups in total. The molecule has 0 saturated carbocycles. The number of carbonyl (C=O) groups is 1. The van der Waals surface area contributed by atoms with Gasteiger partial charge in [-0.1, -0.05) is 25.1 Å². The molecule has 0 heterocycles. The van der Waals surface area contributed by atoms with E-state index in [1.807, 2.05) is 0 Å². The minimum atomic E-state index is -4.44. The van der Waals surface area contributed by atoms with Crippen LogP contribution in [0.1, 0.15) is 24.5 Å². The molecule has 1 rings (SSSR count). The second-order valence-electron chi connectivity index (χ2n) is 3.80. The van der Waals surface area contributed by atoms with Crippen LogP contribution in [0.15, 0.2) is 24.3 Å². The molecule has 0 fully saturated rings. The summed E-state index contributed by atoms with van der Waals surface area (Å²) in [7, 11) is 0. The van der Waals surface area contributed by atoms with Gasteiger partial charge in [-0.3, -0.25) is 4.79 Å². The summed E-state index contributed by atoms with van der Waals surface area (Å²) in [6, 6.07) is 5.09. The molecule has 17 heavy (non-hydrogen) atoms. The molecule has 0 unspecified atom stereocenters. The molecule has 0 aliphatic heterocycles. The minimum Gasteiger partial charge on any atom is -0.481 e. The number of benzene rings is 1. The Balaban J connectivity index is 3.02. The average Bonchev–Trinajstić information content (AvgIpc) is 2.24. The van der Waals surface area contributed by atoms with Crippen molar-refractivity contribution in [1.29, 1.82) is 0 Å². The Labute approximate surface area is 97.1 Å². The minimum absolute atomic E-state index is 0.0363. The Bertz CT molecular complexity index is 399. The van der Waals surface area contributed by atoms with E-state index in [1.165, 1.54) is 18.2 Å². The van der Waals surface area contributed by atoms with Gasteiger partial charge < -0.3 is 5.11 Å². The van der Waals surface area contributed by atoms with E-state index in [9.17, 15) is 18.0 Å². The van der Waals surface area contributed by atoms with Crippen LogP contribution in [0.2, 0.25) is 0 Å². The fraction of sp³-hybridized carbons (Fsp3) is 0.417. The van der Waals surface area contributed by atoms with Crippen LogP contribution in [-0.4, -0.2) is 11.1 Å². The van der Waals surface area contributed by atoms with Crippen LogP contribution in [-0.2, 0) is 17.4 Å². The van der Waals surface area contributed by atoms with E-state index < -0.39 is 23.6 Å². The number of aliphatic carboxylic acids is 1. The lowest BCUT2D eigenvalue weighted by Gasteiger charge is -2.15. The largest absolute Gasteiger partial charge is 0.481 e. The van der Waals surface area contributed by atoms with Gasteiger partial charge in [0.15, 0.2) is 0 Å². The van der Waals surface area contributed by atoms with Crippen LogP contribution in [0.4, 0.5) is 13.2 Å². The van der Waals surface area contributed by atoms with Crippen LogP contribution in [0.5, 0.6) is 0 Å². The SMILES string of the molecule is CC[C@H](Cc1ccccc1C(F)(F)F)C(=O)O. The highest BCUT2D eigenvalue weighted by Crippen LogP contribution is 2.33. The van der Waals surface area contributed by atoms with E-state index in [2.05, 4.69) is 0 Å². The predicted molar refractivity (Wildman–Crippen MR) is 56.6 cm³/mol. The number of carboxylic acid groups (broad SMARTS) is 1. The topological polar surface area (TPSA) is 37.3 Å². The van der Waals surface area contributed by atoms with Crippen molar-refractivity contribution >= 4 is 5.97 Å². The van der Waals surface area contributed by atoms with Crippen molar-refractivity contribution in [3.05, 3.63) is 35.4 Å². The Morgan fingerprint density at radius 2 is 1.94 bits per heavy atom. The van der Waals surface area contributed by atoms with Crippen LogP contribution >= 0.6 is 0 Å². The van der Waals surface area contributed by atoms with Crippen LogP contribution < -0.4 is 0 Å². The smallest absolute Gasteiger partial charge is 0.416 e. The molecule has 0 aromatic heterocycles. The summed E-state index contributed by atoms with van der Waals surface area (Å²) in [5.74, 6) is -1.84. The summed E-state index contributed by atoms with van der Waals surface area (Å²) in [5, 5.41) is 8.85. The third kappa shape index (κ3) is 3.47. The standard InChI is InChI=1S/C12H13F3O2/c1-2-8(11(16)17)7-9-5-3-4-6-10(9)12(13,14)15/h3-6,8H,2,7H2,1H3,(H,16,17)/t8-/m1/s1. The fourth-order valence-electron chi connectivity index (χ4n) is 1.65. The Morgan fingerprint density at radius 3 is 2.41 bits per heavy atom. The molecule has 2 nitrogen and oxygen atoms in total. The van der Waals surface area contributed by atoms with E-state index in [1.54, 1.807) is 6.92 Å². The number of rotatable bonds is 4. The highest BCUT2D eigenvalue weighted by Gasteiger charge is 2.33. The zero-order chi connectivity index (χ0) is 13.1. The quantitative estimate of drug-likeness (QED) is 0.884. The molecule has 0 bridgehead atoms. The molecule has 0 saturated heterocycles. The van der Waals surface area contributed by atoms with Crippen molar-refractivity contribution in [2.45, 2.75) is 25.9 Å². The highest BCUT2D eigenvalue weighted by atomic mass is 19.4. The molecule has 5 heteroatoms. The molecule has 0 aliphatic carbocycles. The molecule has 0 amide bonds. The van der Waals surface area contributed by atoms with Crippen LogP contribution in [0.3, 0.4) is 0 Å². The molecular formula is C12H13F3O2. The summed E-state index contributed by atoms with van der Waals surface area (Å²) >= 11 is 0. The van der Waals surface area contributed by atoms with Gasteiger partial charge in [0.1, 0.15) is 0 Å². The lowest BCUT2D eigenvalue weighted by molar-refractivity contribution is -0.143. The molecular weight excluding hydrogens is 233 g/mol. The predicted octanol–water partition coefficient (Wildman–Crippen LogP) is 3.36. The van der Waals surface area contributed by atoms with E-state index >= 15 is 0 Å². The van der Waals surface area contributed by atoms with E-state index in [0.29, 0.717) is 6.42 Å². The van der Waals surface area contributed by atoms with Gasteiger partial charge in [-0.05, 0) is 24.5 Å². The second kappa shape index (κ2) is 5.21. The molecule has 0 aliphatic rings. The summed E-state index contributed by atoms with van der Waals surface area (Å²) in [4.78, 5) is 10.8. The van der Waals surface area contributed by atoms with E-state index in [-0.39, 0.29) is 12.0 Å². The third-order valence-electron chi connectivity index (χ3n) is 2.63. The zero-order valence-electron chi connectivity index (χ0n) is 9.29. The first-order chi connectivity index (χ1) is 7.86. The normalized spacial score (nSPS) is 13.4. The summed E-state index contributed by atoms with van der Waals surface area (Å²) in [5.41, 5.74) is -0.714. The maximum Gasteiger partial charge on any atom is 0.416 e. The number of hydrogen-bond donors (Lipinski definition) is 1. The first-order valence-electron chi connectivity index (χ1n) is 5.24. The highest BCUT2D eigenvalue weighted by molar-refractivity contribution is 5.70. The third-order valence-corrected chi connectivity index (χ3v) is 2.63. The summed E-state index contributed by atoms with van der Waals surface area (Å²) in [6.45, 7) is 1.65. The lowest BCUT2D eigenvalue weighted by atomic mass is 9.93. The molecule has 0 spiro atoms. The van der Waals surface area contributed by atoms with Crippen molar-refractivity contribution in [2.75, 3.05) is 0 Å². The molecule has 0 radical (unpaired) electrons. The first kappa shape index (κ1) is 13.5. The Hall–Kier alpha value is -1.52. The van der Waals surface area contributed by atoms with Gasteiger partial charge >= 0.3 is 12.1 Å². The van der Waals surface area contributed by atoms with E-state index in [0.717, 1.165) is 6.07 Å². The van der Waals surface area contributed by atoms with Gasteiger partial charge in [0, 0.05) is 0 Å². The van der Waals surface area contributed by atoms with Gasteiger partial charge in [0.2, 0.25) is 0 Å². The second-order valence-corrected chi connectivity index (χ2v) is 3.80. The number of alkyl halides is 3. The number of carboxylic acids is 1.